The smallest absolute Gasteiger partial charge is 0.322 e. The number of benzene rings is 2. The van der Waals surface area contributed by atoms with E-state index in [-0.39, 0.29) is 11.9 Å². The average molecular weight is 440 g/mol. The zero-order valence-electron chi connectivity index (χ0n) is 18.3. The van der Waals surface area contributed by atoms with E-state index < -0.39 is 0 Å². The molecular weight excluding hydrogens is 410 g/mol. The Morgan fingerprint density at radius 2 is 1.94 bits per heavy atom. The van der Waals surface area contributed by atoms with Gasteiger partial charge in [0.2, 0.25) is 5.89 Å². The zero-order valence-corrected chi connectivity index (χ0v) is 19.1. The third-order valence-electron chi connectivity index (χ3n) is 4.45. The highest BCUT2D eigenvalue weighted by atomic mass is 32.2. The molecule has 6 nitrogen and oxygen atoms in total. The van der Waals surface area contributed by atoms with Crippen molar-refractivity contribution in [2.24, 2.45) is 0 Å². The van der Waals surface area contributed by atoms with Crippen LogP contribution in [0.4, 0.5) is 6.01 Å². The normalized spacial score (nSPS) is 11.0. The van der Waals surface area contributed by atoms with Gasteiger partial charge in [-0.05, 0) is 42.3 Å². The summed E-state index contributed by atoms with van der Waals surface area (Å²) in [6, 6.07) is 15.5. The van der Waals surface area contributed by atoms with E-state index in [1.165, 1.54) is 4.90 Å². The summed E-state index contributed by atoms with van der Waals surface area (Å²) in [6.45, 7) is 7.13. The number of thioether (sulfide) groups is 1. The maximum atomic E-state index is 12.5. The van der Waals surface area contributed by atoms with Crippen molar-refractivity contribution in [2.75, 3.05) is 11.9 Å². The largest absolute Gasteiger partial charge is 0.494 e. The standard InChI is InChI=1S/C24H29N3O3S/c1-4-5-6-14-29-20-9-7-8-19(16-20)23(28)25-24-27-26-22(30-24)15-18-10-12-21(13-11-18)31-17(2)3/h7-13,16-17H,4-6,14-15H2,1-3H3,(H,25,27,28). The van der Waals surface area contributed by atoms with E-state index in [2.05, 4.69) is 60.6 Å². The maximum absolute atomic E-state index is 12.5. The van der Waals surface area contributed by atoms with Gasteiger partial charge in [0, 0.05) is 15.7 Å². The summed E-state index contributed by atoms with van der Waals surface area (Å²) in [6.07, 6.45) is 3.77. The Morgan fingerprint density at radius 1 is 1.13 bits per heavy atom. The third-order valence-corrected chi connectivity index (χ3v) is 5.47. The number of anilines is 1. The Kier molecular flexibility index (Phi) is 8.53. The van der Waals surface area contributed by atoms with Gasteiger partial charge in [0.1, 0.15) is 5.75 Å². The molecule has 1 amide bonds. The predicted octanol–water partition coefficient (Wildman–Crippen LogP) is 5.98. The molecule has 164 valence electrons. The SMILES string of the molecule is CCCCCOc1cccc(C(=O)Nc2nnc(Cc3ccc(SC(C)C)cc3)o2)c1. The molecule has 1 heterocycles. The fourth-order valence-corrected chi connectivity index (χ4v) is 3.78. The second kappa shape index (κ2) is 11.6. The Hall–Kier alpha value is -2.80. The molecule has 1 aromatic heterocycles. The Bertz CT molecular complexity index is 970. The second-order valence-corrected chi connectivity index (χ2v) is 9.18. The molecule has 1 N–H and O–H groups in total. The molecule has 2 aromatic carbocycles. The van der Waals surface area contributed by atoms with Gasteiger partial charge in [-0.2, -0.15) is 0 Å². The van der Waals surface area contributed by atoms with Gasteiger partial charge in [-0.25, -0.2) is 0 Å². The first kappa shape index (κ1) is 22.9. The summed E-state index contributed by atoms with van der Waals surface area (Å²) >= 11 is 1.82. The Balaban J connectivity index is 1.55. The van der Waals surface area contributed by atoms with Crippen LogP contribution in [-0.2, 0) is 6.42 Å². The highest BCUT2D eigenvalue weighted by molar-refractivity contribution is 7.99. The molecule has 0 aliphatic rings. The van der Waals surface area contributed by atoms with E-state index in [4.69, 9.17) is 9.15 Å². The van der Waals surface area contributed by atoms with Gasteiger partial charge in [-0.3, -0.25) is 10.1 Å². The van der Waals surface area contributed by atoms with Crippen molar-refractivity contribution in [1.82, 2.24) is 10.2 Å². The molecule has 31 heavy (non-hydrogen) atoms. The fourth-order valence-electron chi connectivity index (χ4n) is 2.95. The number of hydrogen-bond donors (Lipinski definition) is 1. The molecule has 0 atom stereocenters. The van der Waals surface area contributed by atoms with E-state index >= 15 is 0 Å². The molecule has 0 fully saturated rings. The number of nitrogens with one attached hydrogen (secondary N) is 1. The highest BCUT2D eigenvalue weighted by Crippen LogP contribution is 2.23. The fraction of sp³-hybridized carbons (Fsp3) is 0.375. The number of hydrogen-bond acceptors (Lipinski definition) is 6. The molecule has 3 aromatic rings. The van der Waals surface area contributed by atoms with Crippen molar-refractivity contribution >= 4 is 23.7 Å². The van der Waals surface area contributed by atoms with E-state index in [0.717, 1.165) is 24.8 Å². The molecule has 0 radical (unpaired) electrons. The van der Waals surface area contributed by atoms with Crippen LogP contribution < -0.4 is 10.1 Å². The van der Waals surface area contributed by atoms with Crippen molar-refractivity contribution in [2.45, 2.75) is 56.6 Å². The summed E-state index contributed by atoms with van der Waals surface area (Å²) in [5.41, 5.74) is 1.55. The zero-order chi connectivity index (χ0) is 22.1. The van der Waals surface area contributed by atoms with Crippen LogP contribution in [0.2, 0.25) is 0 Å². The molecule has 0 spiro atoms. The molecular formula is C24H29N3O3S. The second-order valence-electron chi connectivity index (χ2n) is 7.53. The first-order valence-electron chi connectivity index (χ1n) is 10.7. The van der Waals surface area contributed by atoms with Crippen LogP contribution in [0, 0.1) is 0 Å². The molecule has 0 aliphatic heterocycles. The number of nitrogens with zero attached hydrogens (tertiary/aromatic N) is 2. The number of amides is 1. The lowest BCUT2D eigenvalue weighted by molar-refractivity contribution is 0.102. The van der Waals surface area contributed by atoms with E-state index in [1.807, 2.05) is 17.8 Å². The summed E-state index contributed by atoms with van der Waals surface area (Å²) in [4.78, 5) is 13.8. The van der Waals surface area contributed by atoms with Gasteiger partial charge >= 0.3 is 6.01 Å². The molecule has 0 bridgehead atoms. The van der Waals surface area contributed by atoms with Gasteiger partial charge in [0.15, 0.2) is 0 Å². The lowest BCUT2D eigenvalue weighted by atomic mass is 10.1. The van der Waals surface area contributed by atoms with Crippen molar-refractivity contribution < 1.29 is 13.9 Å². The monoisotopic (exact) mass is 439 g/mol. The van der Waals surface area contributed by atoms with Crippen LogP contribution in [0.25, 0.3) is 0 Å². The summed E-state index contributed by atoms with van der Waals surface area (Å²) in [7, 11) is 0. The number of ether oxygens (including phenoxy) is 1. The molecule has 7 heteroatoms. The summed E-state index contributed by atoms with van der Waals surface area (Å²) < 4.78 is 11.3. The van der Waals surface area contributed by atoms with Gasteiger partial charge in [0.25, 0.3) is 5.91 Å². The highest BCUT2D eigenvalue weighted by Gasteiger charge is 2.13. The van der Waals surface area contributed by atoms with E-state index in [1.54, 1.807) is 18.2 Å². The quantitative estimate of drug-likeness (QED) is 0.292. The van der Waals surface area contributed by atoms with Crippen LogP contribution in [0.1, 0.15) is 61.8 Å². The van der Waals surface area contributed by atoms with Crippen molar-refractivity contribution in [1.29, 1.82) is 0 Å². The lowest BCUT2D eigenvalue weighted by Gasteiger charge is -2.07. The van der Waals surface area contributed by atoms with E-state index in [9.17, 15) is 4.79 Å². The predicted molar refractivity (Wildman–Crippen MR) is 124 cm³/mol. The molecule has 0 saturated heterocycles. The van der Waals surface area contributed by atoms with Crippen LogP contribution in [-0.4, -0.2) is 28.0 Å². The summed E-state index contributed by atoms with van der Waals surface area (Å²) in [5, 5.41) is 11.2. The lowest BCUT2D eigenvalue weighted by Crippen LogP contribution is -2.12. The van der Waals surface area contributed by atoms with Crippen LogP contribution in [0.5, 0.6) is 5.75 Å². The van der Waals surface area contributed by atoms with Crippen molar-refractivity contribution in [3.05, 3.63) is 65.5 Å². The minimum absolute atomic E-state index is 0.0845. The topological polar surface area (TPSA) is 77.2 Å². The van der Waals surface area contributed by atoms with Gasteiger partial charge in [-0.15, -0.1) is 16.9 Å². The van der Waals surface area contributed by atoms with E-state index in [0.29, 0.717) is 35.5 Å². The molecule has 3 rings (SSSR count). The Morgan fingerprint density at radius 3 is 2.68 bits per heavy atom. The maximum Gasteiger partial charge on any atom is 0.322 e. The van der Waals surface area contributed by atoms with Gasteiger partial charge < -0.3 is 9.15 Å². The third kappa shape index (κ3) is 7.43. The van der Waals surface area contributed by atoms with Gasteiger partial charge in [-0.1, -0.05) is 56.9 Å². The molecule has 0 unspecified atom stereocenters. The van der Waals surface area contributed by atoms with Crippen LogP contribution in [0.15, 0.2) is 57.8 Å². The number of rotatable bonds is 11. The minimum atomic E-state index is -0.315. The van der Waals surface area contributed by atoms with Crippen LogP contribution >= 0.6 is 11.8 Å². The van der Waals surface area contributed by atoms with Crippen LogP contribution in [0.3, 0.4) is 0 Å². The van der Waals surface area contributed by atoms with Crippen molar-refractivity contribution in [3.8, 4) is 5.75 Å². The molecule has 0 saturated carbocycles. The van der Waals surface area contributed by atoms with Gasteiger partial charge in [0.05, 0.1) is 13.0 Å². The molecule has 0 aliphatic carbocycles. The first-order chi connectivity index (χ1) is 15.0. The minimum Gasteiger partial charge on any atom is -0.494 e. The number of carbonyl (C=O) groups excluding carboxylic acids is 1. The number of aromatic nitrogens is 2. The summed E-state index contributed by atoms with van der Waals surface area (Å²) in [5.74, 6) is 0.811. The van der Waals surface area contributed by atoms with Crippen molar-refractivity contribution in [3.63, 3.8) is 0 Å². The number of carbonyl (C=O) groups is 1. The number of unbranched alkanes of at least 4 members (excludes halogenated alkanes) is 2. The first-order valence-corrected chi connectivity index (χ1v) is 11.5. The average Bonchev–Trinajstić information content (AvgIpc) is 3.19. The Labute approximate surface area is 187 Å².